The van der Waals surface area contributed by atoms with Crippen molar-refractivity contribution >= 4 is 11.9 Å². The van der Waals surface area contributed by atoms with E-state index in [1.54, 1.807) is 6.08 Å². The molecule has 1 atom stereocenters. The minimum absolute atomic E-state index is 0.201. The number of allylic oxidation sites excluding steroid dienone is 3. The number of rotatable bonds is 2. The summed E-state index contributed by atoms with van der Waals surface area (Å²) in [6.07, 6.45) is 16.4. The third-order valence-corrected chi connectivity index (χ3v) is 4.09. The highest BCUT2D eigenvalue weighted by Gasteiger charge is 2.15. The van der Waals surface area contributed by atoms with E-state index in [0.29, 0.717) is 5.76 Å². The maximum Gasteiger partial charge on any atom is 0.312 e. The molecule has 0 aromatic carbocycles. The zero-order valence-corrected chi connectivity index (χ0v) is 14.5. The van der Waals surface area contributed by atoms with Crippen molar-refractivity contribution in [3.8, 4) is 0 Å². The van der Waals surface area contributed by atoms with Crippen LogP contribution in [0.15, 0.2) is 24.0 Å². The fraction of sp³-hybridized carbons (Fsp3) is 0.684. The second-order valence-electron chi connectivity index (χ2n) is 6.11. The molecular formula is C19H30O4. The van der Waals surface area contributed by atoms with E-state index < -0.39 is 0 Å². The second-order valence-corrected chi connectivity index (χ2v) is 6.11. The molecule has 0 radical (unpaired) electrons. The zero-order valence-electron chi connectivity index (χ0n) is 14.5. The van der Waals surface area contributed by atoms with E-state index in [1.807, 2.05) is 12.2 Å². The van der Waals surface area contributed by atoms with Gasteiger partial charge >= 0.3 is 11.9 Å². The number of carbonyl (C=O) groups excluding carboxylic acids is 2. The molecule has 0 aliphatic heterocycles. The van der Waals surface area contributed by atoms with Crippen molar-refractivity contribution in [2.24, 2.45) is 5.92 Å². The predicted molar refractivity (Wildman–Crippen MR) is 90.7 cm³/mol. The van der Waals surface area contributed by atoms with E-state index in [0.717, 1.165) is 38.5 Å². The molecule has 1 aliphatic carbocycles. The molecule has 0 amide bonds. The highest BCUT2D eigenvalue weighted by molar-refractivity contribution is 5.74. The van der Waals surface area contributed by atoms with E-state index in [-0.39, 0.29) is 17.9 Å². The first-order valence-corrected chi connectivity index (χ1v) is 8.77. The first kappa shape index (κ1) is 19.5. The smallest absolute Gasteiger partial charge is 0.312 e. The van der Waals surface area contributed by atoms with Crippen LogP contribution in [0.2, 0.25) is 0 Å². The van der Waals surface area contributed by atoms with Gasteiger partial charge in [0.25, 0.3) is 0 Å². The first-order valence-electron chi connectivity index (χ1n) is 8.77. The third-order valence-electron chi connectivity index (χ3n) is 4.09. The van der Waals surface area contributed by atoms with Gasteiger partial charge < -0.3 is 9.47 Å². The molecule has 0 aromatic heterocycles. The molecule has 0 saturated heterocycles. The monoisotopic (exact) mass is 322 g/mol. The molecule has 0 spiro atoms. The Morgan fingerprint density at radius 3 is 2.22 bits per heavy atom. The Morgan fingerprint density at radius 2 is 1.61 bits per heavy atom. The van der Waals surface area contributed by atoms with E-state index in [2.05, 4.69) is 0 Å². The molecule has 0 N–H and O–H groups in total. The summed E-state index contributed by atoms with van der Waals surface area (Å²) >= 11 is 0. The van der Waals surface area contributed by atoms with Crippen molar-refractivity contribution in [1.29, 1.82) is 0 Å². The van der Waals surface area contributed by atoms with Crippen LogP contribution in [0.3, 0.4) is 0 Å². The third kappa shape index (κ3) is 9.22. The van der Waals surface area contributed by atoms with Crippen LogP contribution in [0.25, 0.3) is 0 Å². The van der Waals surface area contributed by atoms with Gasteiger partial charge in [0, 0.05) is 13.3 Å². The van der Waals surface area contributed by atoms with Crippen molar-refractivity contribution in [3.63, 3.8) is 0 Å². The Bertz CT molecular complexity index is 423. The van der Waals surface area contributed by atoms with Crippen LogP contribution in [0.5, 0.6) is 0 Å². The topological polar surface area (TPSA) is 52.6 Å². The summed E-state index contributed by atoms with van der Waals surface area (Å²) in [6.45, 7) is 1.41. The van der Waals surface area contributed by atoms with Crippen LogP contribution in [0.4, 0.5) is 0 Å². The molecule has 1 aliphatic rings. The molecule has 23 heavy (non-hydrogen) atoms. The van der Waals surface area contributed by atoms with Gasteiger partial charge in [-0.05, 0) is 18.9 Å². The molecular weight excluding hydrogens is 292 g/mol. The fourth-order valence-electron chi connectivity index (χ4n) is 2.82. The Kier molecular flexibility index (Phi) is 10.1. The number of hydrogen-bond donors (Lipinski definition) is 0. The average Bonchev–Trinajstić information content (AvgIpc) is 2.53. The van der Waals surface area contributed by atoms with Crippen LogP contribution < -0.4 is 0 Å². The highest BCUT2D eigenvalue weighted by Crippen LogP contribution is 2.18. The van der Waals surface area contributed by atoms with Gasteiger partial charge in [-0.25, -0.2) is 0 Å². The van der Waals surface area contributed by atoms with E-state index >= 15 is 0 Å². The zero-order chi connectivity index (χ0) is 16.9. The van der Waals surface area contributed by atoms with Crippen LogP contribution in [-0.2, 0) is 19.1 Å². The van der Waals surface area contributed by atoms with Crippen LogP contribution >= 0.6 is 0 Å². The number of esters is 2. The quantitative estimate of drug-likeness (QED) is 0.692. The Hall–Kier alpha value is -1.58. The normalized spacial score (nSPS) is 25.1. The van der Waals surface area contributed by atoms with Crippen molar-refractivity contribution in [2.45, 2.75) is 71.1 Å². The molecule has 0 unspecified atom stereocenters. The lowest BCUT2D eigenvalue weighted by Crippen LogP contribution is -2.13. The maximum atomic E-state index is 11.8. The minimum Gasteiger partial charge on any atom is -0.469 e. The lowest BCUT2D eigenvalue weighted by atomic mass is 9.99. The number of carbonyl (C=O) groups is 2. The standard InChI is InChI=1S/C19H30O4/c1-16(20)23-18-14-10-8-6-4-3-5-7-9-12-17(13-11-15-18)19(21)22-2/h11,13,15,17H,3-10,12,14H2,1-2H3/b13-11-,18-15+/t17-/m1/s1. The van der Waals surface area contributed by atoms with Gasteiger partial charge in [0.15, 0.2) is 0 Å². The summed E-state index contributed by atoms with van der Waals surface area (Å²) in [5.74, 6) is -0.0488. The summed E-state index contributed by atoms with van der Waals surface area (Å²) in [4.78, 5) is 23.0. The summed E-state index contributed by atoms with van der Waals surface area (Å²) < 4.78 is 10.1. The maximum absolute atomic E-state index is 11.8. The molecule has 4 nitrogen and oxygen atoms in total. The van der Waals surface area contributed by atoms with E-state index in [1.165, 1.54) is 39.7 Å². The van der Waals surface area contributed by atoms with Gasteiger partial charge in [-0.2, -0.15) is 0 Å². The SMILES string of the molecule is COC(=O)[C@H]1/C=C\C=C(\OC(C)=O)CCCCCCCCCC1. The lowest BCUT2D eigenvalue weighted by Gasteiger charge is -2.10. The van der Waals surface area contributed by atoms with E-state index in [9.17, 15) is 9.59 Å². The Balaban J connectivity index is 2.76. The van der Waals surface area contributed by atoms with Crippen LogP contribution in [-0.4, -0.2) is 19.0 Å². The molecule has 0 heterocycles. The molecule has 130 valence electrons. The van der Waals surface area contributed by atoms with Gasteiger partial charge in [-0.15, -0.1) is 0 Å². The number of hydrogen-bond acceptors (Lipinski definition) is 4. The fourth-order valence-corrected chi connectivity index (χ4v) is 2.82. The first-order chi connectivity index (χ1) is 11.1. The largest absolute Gasteiger partial charge is 0.469 e. The summed E-state index contributed by atoms with van der Waals surface area (Å²) in [6, 6.07) is 0. The minimum atomic E-state index is -0.299. The van der Waals surface area contributed by atoms with Gasteiger partial charge in [0.1, 0.15) is 5.76 Å². The molecule has 0 saturated carbocycles. The van der Waals surface area contributed by atoms with Gasteiger partial charge in [0.05, 0.1) is 13.0 Å². The van der Waals surface area contributed by atoms with Crippen molar-refractivity contribution in [1.82, 2.24) is 0 Å². The lowest BCUT2D eigenvalue weighted by molar-refractivity contribution is -0.144. The average molecular weight is 322 g/mol. The van der Waals surface area contributed by atoms with Crippen LogP contribution in [0, 0.1) is 5.92 Å². The molecule has 0 fully saturated rings. The predicted octanol–water partition coefficient (Wildman–Crippen LogP) is 4.69. The van der Waals surface area contributed by atoms with E-state index in [4.69, 9.17) is 9.47 Å². The van der Waals surface area contributed by atoms with Gasteiger partial charge in [-0.3, -0.25) is 9.59 Å². The van der Waals surface area contributed by atoms with Crippen molar-refractivity contribution in [3.05, 3.63) is 24.0 Å². The molecule has 4 heteroatoms. The van der Waals surface area contributed by atoms with Crippen molar-refractivity contribution in [2.75, 3.05) is 7.11 Å². The summed E-state index contributed by atoms with van der Waals surface area (Å²) in [5.41, 5.74) is 0. The van der Waals surface area contributed by atoms with Crippen LogP contribution in [0.1, 0.15) is 71.1 Å². The molecule has 0 aromatic rings. The molecule has 1 rings (SSSR count). The Morgan fingerprint density at radius 1 is 1.00 bits per heavy atom. The van der Waals surface area contributed by atoms with Crippen molar-refractivity contribution < 1.29 is 19.1 Å². The highest BCUT2D eigenvalue weighted by atomic mass is 16.5. The summed E-state index contributed by atoms with van der Waals surface area (Å²) in [7, 11) is 1.42. The van der Waals surface area contributed by atoms with Gasteiger partial charge in [0.2, 0.25) is 0 Å². The Labute approximate surface area is 139 Å². The molecule has 0 bridgehead atoms. The summed E-state index contributed by atoms with van der Waals surface area (Å²) in [5, 5.41) is 0. The second kappa shape index (κ2) is 11.9. The van der Waals surface area contributed by atoms with Gasteiger partial charge in [-0.1, -0.05) is 57.1 Å². The number of ether oxygens (including phenoxy) is 2. The number of methoxy groups -OCH3 is 1.